The van der Waals surface area contributed by atoms with Crippen molar-refractivity contribution in [1.82, 2.24) is 25.4 Å². The Labute approximate surface area is 149 Å². The number of guanidine groups is 1. The molecular formula is C17H30N6S. The van der Waals surface area contributed by atoms with Crippen LogP contribution in [-0.4, -0.2) is 46.6 Å². The van der Waals surface area contributed by atoms with Gasteiger partial charge in [-0.15, -0.1) is 10.2 Å². The number of nitrogens with one attached hydrogen (secondary N) is 2. The van der Waals surface area contributed by atoms with Crippen LogP contribution in [0.5, 0.6) is 0 Å². The zero-order valence-electron chi connectivity index (χ0n) is 15.2. The van der Waals surface area contributed by atoms with Gasteiger partial charge in [0.15, 0.2) is 11.1 Å². The molecule has 1 heterocycles. The number of nitrogens with zero attached hydrogens (tertiary/aromatic N) is 4. The Kier molecular flexibility index (Phi) is 7.62. The lowest BCUT2D eigenvalue weighted by Gasteiger charge is -2.17. The molecule has 1 aliphatic carbocycles. The number of hydrogen-bond donors (Lipinski definition) is 2. The number of hydrogen-bond acceptors (Lipinski definition) is 4. The largest absolute Gasteiger partial charge is 0.356 e. The summed E-state index contributed by atoms with van der Waals surface area (Å²) in [5.74, 6) is 2.56. The molecule has 0 aliphatic heterocycles. The lowest BCUT2D eigenvalue weighted by molar-refractivity contribution is 0.477. The van der Waals surface area contributed by atoms with E-state index in [-0.39, 0.29) is 0 Å². The fraction of sp³-hybridized carbons (Fsp3) is 0.706. The highest BCUT2D eigenvalue weighted by Crippen LogP contribution is 2.16. The van der Waals surface area contributed by atoms with E-state index in [0.29, 0.717) is 12.0 Å². The Morgan fingerprint density at radius 3 is 2.75 bits per heavy atom. The Balaban J connectivity index is 1.78. The zero-order valence-corrected chi connectivity index (χ0v) is 16.1. The minimum absolute atomic E-state index is 0.481. The molecule has 0 fully saturated rings. The van der Waals surface area contributed by atoms with Gasteiger partial charge in [-0.2, -0.15) is 0 Å². The molecule has 1 aliphatic rings. The third-order valence-electron chi connectivity index (χ3n) is 3.97. The van der Waals surface area contributed by atoms with E-state index in [1.807, 2.05) is 7.05 Å². The van der Waals surface area contributed by atoms with Crippen molar-refractivity contribution < 1.29 is 0 Å². The first-order valence-electron chi connectivity index (χ1n) is 8.72. The standard InChI is InChI=1S/C17H30N6S/c1-13(2)12-23-15(21-22-17(23)24-4)10-7-11-19-16(18-3)20-14-8-5-6-9-14/h5-6,13-14H,7-12H2,1-4H3,(H2,18,19,20). The second kappa shape index (κ2) is 9.71. The third-order valence-corrected chi connectivity index (χ3v) is 4.63. The van der Waals surface area contributed by atoms with Crippen molar-refractivity contribution in [2.75, 3.05) is 19.8 Å². The van der Waals surface area contributed by atoms with E-state index in [2.05, 4.69) is 62.6 Å². The van der Waals surface area contributed by atoms with Gasteiger partial charge in [0.1, 0.15) is 5.82 Å². The maximum Gasteiger partial charge on any atom is 0.191 e. The van der Waals surface area contributed by atoms with Gasteiger partial charge in [0.2, 0.25) is 0 Å². The van der Waals surface area contributed by atoms with Crippen molar-refractivity contribution in [2.45, 2.75) is 57.3 Å². The van der Waals surface area contributed by atoms with Gasteiger partial charge in [0, 0.05) is 32.6 Å². The first kappa shape index (κ1) is 18.8. The van der Waals surface area contributed by atoms with Gasteiger partial charge in [0.05, 0.1) is 0 Å². The van der Waals surface area contributed by atoms with Crippen molar-refractivity contribution in [2.24, 2.45) is 10.9 Å². The fourth-order valence-electron chi connectivity index (χ4n) is 2.78. The molecule has 7 heteroatoms. The lowest BCUT2D eigenvalue weighted by Crippen LogP contribution is -2.42. The molecule has 24 heavy (non-hydrogen) atoms. The molecule has 2 N–H and O–H groups in total. The van der Waals surface area contributed by atoms with Crippen LogP contribution < -0.4 is 10.6 Å². The van der Waals surface area contributed by atoms with E-state index in [4.69, 9.17) is 0 Å². The van der Waals surface area contributed by atoms with E-state index in [9.17, 15) is 0 Å². The van der Waals surface area contributed by atoms with Gasteiger partial charge in [0.25, 0.3) is 0 Å². The van der Waals surface area contributed by atoms with Crippen molar-refractivity contribution in [3.8, 4) is 0 Å². The Morgan fingerprint density at radius 2 is 2.12 bits per heavy atom. The molecule has 1 aromatic rings. The van der Waals surface area contributed by atoms with Crippen molar-refractivity contribution in [3.63, 3.8) is 0 Å². The minimum atomic E-state index is 0.481. The molecule has 0 aromatic carbocycles. The highest BCUT2D eigenvalue weighted by atomic mass is 32.2. The van der Waals surface area contributed by atoms with E-state index in [0.717, 1.165) is 55.7 Å². The molecule has 0 unspecified atom stereocenters. The SMILES string of the molecule is CN=C(NCCCc1nnc(SC)n1CC(C)C)NC1CC=CC1. The van der Waals surface area contributed by atoms with E-state index in [1.165, 1.54) is 0 Å². The van der Waals surface area contributed by atoms with Crippen molar-refractivity contribution in [3.05, 3.63) is 18.0 Å². The van der Waals surface area contributed by atoms with Crippen LogP contribution in [0.2, 0.25) is 0 Å². The lowest BCUT2D eigenvalue weighted by atomic mass is 10.2. The first-order valence-corrected chi connectivity index (χ1v) is 9.94. The summed E-state index contributed by atoms with van der Waals surface area (Å²) in [5, 5.41) is 16.5. The molecule has 134 valence electrons. The summed E-state index contributed by atoms with van der Waals surface area (Å²) < 4.78 is 2.26. The highest BCUT2D eigenvalue weighted by molar-refractivity contribution is 7.98. The fourth-order valence-corrected chi connectivity index (χ4v) is 3.30. The van der Waals surface area contributed by atoms with Crippen molar-refractivity contribution >= 4 is 17.7 Å². The van der Waals surface area contributed by atoms with Crippen LogP contribution in [0.4, 0.5) is 0 Å². The summed E-state index contributed by atoms with van der Waals surface area (Å²) >= 11 is 1.66. The maximum absolute atomic E-state index is 4.37. The van der Waals surface area contributed by atoms with Crippen LogP contribution in [0, 0.1) is 5.92 Å². The number of aliphatic imine (C=N–C) groups is 1. The van der Waals surface area contributed by atoms with E-state index < -0.39 is 0 Å². The van der Waals surface area contributed by atoms with Crippen LogP contribution in [0.3, 0.4) is 0 Å². The number of thioether (sulfide) groups is 1. The predicted octanol–water partition coefficient (Wildman–Crippen LogP) is 2.47. The Morgan fingerprint density at radius 1 is 1.38 bits per heavy atom. The second-order valence-electron chi connectivity index (χ2n) is 6.49. The van der Waals surface area contributed by atoms with Gasteiger partial charge < -0.3 is 15.2 Å². The minimum Gasteiger partial charge on any atom is -0.356 e. The zero-order chi connectivity index (χ0) is 17.4. The molecule has 0 spiro atoms. The summed E-state index contributed by atoms with van der Waals surface area (Å²) in [5.41, 5.74) is 0. The van der Waals surface area contributed by atoms with Gasteiger partial charge in [-0.05, 0) is 31.4 Å². The van der Waals surface area contributed by atoms with Crippen molar-refractivity contribution in [1.29, 1.82) is 0 Å². The third kappa shape index (κ3) is 5.54. The molecule has 0 radical (unpaired) electrons. The number of rotatable bonds is 8. The molecule has 0 bridgehead atoms. The molecule has 0 saturated heterocycles. The van der Waals surface area contributed by atoms with Gasteiger partial charge >= 0.3 is 0 Å². The molecule has 6 nitrogen and oxygen atoms in total. The quantitative estimate of drug-likeness (QED) is 0.248. The van der Waals surface area contributed by atoms with Gasteiger partial charge in [-0.25, -0.2) is 0 Å². The number of aryl methyl sites for hydroxylation is 1. The molecule has 1 aromatic heterocycles. The Hall–Kier alpha value is -1.50. The first-order chi connectivity index (χ1) is 11.6. The van der Waals surface area contributed by atoms with Gasteiger partial charge in [-0.3, -0.25) is 4.99 Å². The summed E-state index contributed by atoms with van der Waals surface area (Å²) in [6.07, 6.45) is 10.6. The van der Waals surface area contributed by atoms with Crippen LogP contribution in [0.15, 0.2) is 22.3 Å². The normalized spacial score (nSPS) is 15.5. The summed E-state index contributed by atoms with van der Waals surface area (Å²) in [6.45, 7) is 6.30. The second-order valence-corrected chi connectivity index (χ2v) is 7.27. The highest BCUT2D eigenvalue weighted by Gasteiger charge is 2.13. The molecular weight excluding hydrogens is 320 g/mol. The smallest absolute Gasteiger partial charge is 0.191 e. The van der Waals surface area contributed by atoms with E-state index >= 15 is 0 Å². The average Bonchev–Trinajstić information content (AvgIpc) is 3.20. The van der Waals surface area contributed by atoms with Crippen LogP contribution >= 0.6 is 11.8 Å². The topological polar surface area (TPSA) is 67.1 Å². The summed E-state index contributed by atoms with van der Waals surface area (Å²) in [7, 11) is 1.82. The van der Waals surface area contributed by atoms with E-state index in [1.54, 1.807) is 11.8 Å². The molecule has 0 amide bonds. The maximum atomic E-state index is 4.37. The average molecular weight is 351 g/mol. The summed E-state index contributed by atoms with van der Waals surface area (Å²) in [4.78, 5) is 4.30. The summed E-state index contributed by atoms with van der Waals surface area (Å²) in [6, 6.07) is 0.481. The molecule has 0 atom stereocenters. The van der Waals surface area contributed by atoms with Crippen LogP contribution in [0.25, 0.3) is 0 Å². The van der Waals surface area contributed by atoms with Gasteiger partial charge in [-0.1, -0.05) is 37.8 Å². The predicted molar refractivity (Wildman–Crippen MR) is 102 cm³/mol. The molecule has 0 saturated carbocycles. The molecule has 2 rings (SSSR count). The van der Waals surface area contributed by atoms with Crippen LogP contribution in [0.1, 0.15) is 38.9 Å². The Bertz CT molecular complexity index is 555. The van der Waals surface area contributed by atoms with Crippen LogP contribution in [-0.2, 0) is 13.0 Å². The monoisotopic (exact) mass is 350 g/mol. The number of aromatic nitrogens is 3.